The molecule has 1 aliphatic rings. The molecule has 0 amide bonds. The number of nitrogens with one attached hydrogen (secondary N) is 1. The Morgan fingerprint density at radius 3 is 3.12 bits per heavy atom. The number of hydrogen-bond donors (Lipinski definition) is 1. The number of aliphatic imine (C=N–C) groups is 1. The van der Waals surface area contributed by atoms with Crippen LogP contribution in [-0.4, -0.2) is 21.8 Å². The summed E-state index contributed by atoms with van der Waals surface area (Å²) in [7, 11) is 0. The highest BCUT2D eigenvalue weighted by Crippen LogP contribution is 2.21. The Hall–Kier alpha value is -2.43. The number of cyclic esters (lactones) is 1. The van der Waals surface area contributed by atoms with Crippen LogP contribution in [0.1, 0.15) is 12.5 Å². The van der Waals surface area contributed by atoms with E-state index in [2.05, 4.69) is 15.0 Å². The number of aromatic amines is 1. The maximum atomic E-state index is 11.4. The summed E-state index contributed by atoms with van der Waals surface area (Å²) in [5, 5.41) is 0.951. The SMILES string of the molecule is CC1=NC(=Cc2c[nH]c3ncccc23)C(=O)O1. The third kappa shape index (κ3) is 1.61. The molecule has 0 spiro atoms. The van der Waals surface area contributed by atoms with E-state index in [4.69, 9.17) is 4.74 Å². The molecule has 0 radical (unpaired) electrons. The van der Waals surface area contributed by atoms with E-state index >= 15 is 0 Å². The van der Waals surface area contributed by atoms with Gasteiger partial charge in [-0.25, -0.2) is 14.8 Å². The van der Waals surface area contributed by atoms with E-state index < -0.39 is 5.97 Å². The molecule has 0 fully saturated rings. The van der Waals surface area contributed by atoms with Crippen molar-refractivity contribution in [3.8, 4) is 0 Å². The van der Waals surface area contributed by atoms with Crippen LogP contribution in [0.15, 0.2) is 35.2 Å². The number of fused-ring (bicyclic) bond motifs is 1. The Morgan fingerprint density at radius 1 is 1.47 bits per heavy atom. The summed E-state index contributed by atoms with van der Waals surface area (Å²) < 4.78 is 4.85. The van der Waals surface area contributed by atoms with E-state index in [1.54, 1.807) is 25.4 Å². The quantitative estimate of drug-likeness (QED) is 0.597. The largest absolute Gasteiger partial charge is 0.407 e. The Balaban J connectivity index is 2.11. The van der Waals surface area contributed by atoms with E-state index in [9.17, 15) is 4.79 Å². The Morgan fingerprint density at radius 2 is 2.35 bits per heavy atom. The van der Waals surface area contributed by atoms with Gasteiger partial charge in [-0.05, 0) is 18.2 Å². The van der Waals surface area contributed by atoms with Crippen molar-refractivity contribution in [1.29, 1.82) is 0 Å². The molecular formula is C12H9N3O2. The van der Waals surface area contributed by atoms with Gasteiger partial charge >= 0.3 is 5.97 Å². The molecule has 3 rings (SSSR count). The summed E-state index contributed by atoms with van der Waals surface area (Å²) >= 11 is 0. The van der Waals surface area contributed by atoms with Gasteiger partial charge in [0.25, 0.3) is 0 Å². The molecule has 1 N–H and O–H groups in total. The maximum Gasteiger partial charge on any atom is 0.363 e. The van der Waals surface area contributed by atoms with Gasteiger partial charge in [0.15, 0.2) is 11.6 Å². The number of nitrogens with zero attached hydrogens (tertiary/aromatic N) is 2. The number of H-pyrrole nitrogens is 1. The van der Waals surface area contributed by atoms with Crippen molar-refractivity contribution in [3.63, 3.8) is 0 Å². The highest BCUT2D eigenvalue weighted by molar-refractivity contribution is 6.07. The zero-order chi connectivity index (χ0) is 11.8. The summed E-state index contributed by atoms with van der Waals surface area (Å²) in [6.45, 7) is 1.65. The number of aromatic nitrogens is 2. The third-order valence-corrected chi connectivity index (χ3v) is 2.50. The fourth-order valence-corrected chi connectivity index (χ4v) is 1.76. The van der Waals surface area contributed by atoms with Crippen molar-refractivity contribution in [3.05, 3.63) is 35.8 Å². The number of rotatable bonds is 1. The third-order valence-electron chi connectivity index (χ3n) is 2.50. The van der Waals surface area contributed by atoms with Crippen LogP contribution in [0, 0.1) is 0 Å². The minimum absolute atomic E-state index is 0.312. The maximum absolute atomic E-state index is 11.4. The first-order valence-electron chi connectivity index (χ1n) is 5.15. The minimum Gasteiger partial charge on any atom is -0.407 e. The van der Waals surface area contributed by atoms with E-state index in [-0.39, 0.29) is 0 Å². The van der Waals surface area contributed by atoms with Crippen LogP contribution in [0.5, 0.6) is 0 Å². The van der Waals surface area contributed by atoms with Crippen molar-refractivity contribution in [1.82, 2.24) is 9.97 Å². The molecule has 0 aromatic carbocycles. The number of carbonyl (C=O) groups excluding carboxylic acids is 1. The Bertz CT molecular complexity index is 667. The van der Waals surface area contributed by atoms with Gasteiger partial charge < -0.3 is 9.72 Å². The van der Waals surface area contributed by atoms with E-state index in [1.165, 1.54) is 0 Å². The molecule has 2 aromatic rings. The van der Waals surface area contributed by atoms with Crippen LogP contribution in [0.2, 0.25) is 0 Å². The second-order valence-electron chi connectivity index (χ2n) is 3.69. The number of pyridine rings is 1. The zero-order valence-corrected chi connectivity index (χ0v) is 9.10. The van der Waals surface area contributed by atoms with Gasteiger partial charge in [0.1, 0.15) is 5.65 Å². The first kappa shape index (κ1) is 9.77. The molecule has 5 heteroatoms. The van der Waals surface area contributed by atoms with E-state index in [0.717, 1.165) is 16.6 Å². The molecule has 0 aliphatic carbocycles. The normalized spacial score (nSPS) is 17.6. The lowest BCUT2D eigenvalue weighted by Gasteiger charge is -1.91. The summed E-state index contributed by atoms with van der Waals surface area (Å²) in [6.07, 6.45) is 5.20. The highest BCUT2D eigenvalue weighted by atomic mass is 16.6. The Kier molecular flexibility index (Phi) is 2.04. The first-order valence-corrected chi connectivity index (χ1v) is 5.15. The topological polar surface area (TPSA) is 67.3 Å². The number of ether oxygens (including phenoxy) is 1. The average molecular weight is 227 g/mol. The lowest BCUT2D eigenvalue weighted by atomic mass is 10.2. The van der Waals surface area contributed by atoms with Gasteiger partial charge in [-0.3, -0.25) is 0 Å². The second-order valence-corrected chi connectivity index (χ2v) is 3.69. The van der Waals surface area contributed by atoms with Crippen LogP contribution in [0.25, 0.3) is 17.1 Å². The summed E-state index contributed by atoms with van der Waals surface area (Å²) in [4.78, 5) is 22.6. The molecular weight excluding hydrogens is 218 g/mol. The fraction of sp³-hybridized carbons (Fsp3) is 0.0833. The standard InChI is InChI=1S/C12H9N3O2/c1-7-15-10(12(16)17-7)5-8-6-14-11-9(8)3-2-4-13-11/h2-6H,1H3,(H,13,14). The molecule has 0 unspecified atom stereocenters. The molecule has 84 valence electrons. The molecule has 17 heavy (non-hydrogen) atoms. The van der Waals surface area contributed by atoms with Gasteiger partial charge in [0.05, 0.1) is 0 Å². The van der Waals surface area contributed by atoms with Crippen molar-refractivity contribution >= 4 is 29.0 Å². The monoisotopic (exact) mass is 227 g/mol. The smallest absolute Gasteiger partial charge is 0.363 e. The molecule has 0 saturated heterocycles. The second kappa shape index (κ2) is 3.55. The molecule has 2 aromatic heterocycles. The lowest BCUT2D eigenvalue weighted by molar-refractivity contribution is -0.130. The Labute approximate surface area is 96.8 Å². The van der Waals surface area contributed by atoms with E-state index in [1.807, 2.05) is 12.1 Å². The first-order chi connectivity index (χ1) is 8.24. The van der Waals surface area contributed by atoms with Crippen molar-refractivity contribution in [2.24, 2.45) is 4.99 Å². The molecule has 5 nitrogen and oxygen atoms in total. The van der Waals surface area contributed by atoms with Gasteiger partial charge in [0.2, 0.25) is 0 Å². The highest BCUT2D eigenvalue weighted by Gasteiger charge is 2.20. The van der Waals surface area contributed by atoms with Crippen LogP contribution >= 0.6 is 0 Å². The summed E-state index contributed by atoms with van der Waals surface area (Å²) in [6, 6.07) is 3.78. The fourth-order valence-electron chi connectivity index (χ4n) is 1.76. The van der Waals surface area contributed by atoms with Crippen molar-refractivity contribution < 1.29 is 9.53 Å². The molecule has 3 heterocycles. The van der Waals surface area contributed by atoms with Gasteiger partial charge in [0, 0.05) is 30.3 Å². The van der Waals surface area contributed by atoms with Crippen LogP contribution < -0.4 is 0 Å². The van der Waals surface area contributed by atoms with Gasteiger partial charge in [-0.15, -0.1) is 0 Å². The zero-order valence-electron chi connectivity index (χ0n) is 9.10. The molecule has 0 bridgehead atoms. The van der Waals surface area contributed by atoms with Crippen LogP contribution in [0.4, 0.5) is 0 Å². The lowest BCUT2D eigenvalue weighted by Crippen LogP contribution is -1.99. The molecule has 0 atom stereocenters. The predicted octanol–water partition coefficient (Wildman–Crippen LogP) is 1.88. The predicted molar refractivity (Wildman–Crippen MR) is 63.3 cm³/mol. The van der Waals surface area contributed by atoms with Crippen LogP contribution in [-0.2, 0) is 9.53 Å². The van der Waals surface area contributed by atoms with Crippen LogP contribution in [0.3, 0.4) is 0 Å². The molecule has 0 saturated carbocycles. The number of esters is 1. The number of carbonyl (C=O) groups is 1. The van der Waals surface area contributed by atoms with Gasteiger partial charge in [-0.2, -0.15) is 0 Å². The summed E-state index contributed by atoms with van der Waals surface area (Å²) in [5.41, 5.74) is 1.97. The van der Waals surface area contributed by atoms with Gasteiger partial charge in [-0.1, -0.05) is 0 Å². The van der Waals surface area contributed by atoms with E-state index in [0.29, 0.717) is 11.6 Å². The average Bonchev–Trinajstić information content (AvgIpc) is 2.85. The molecule has 1 aliphatic heterocycles. The number of hydrogen-bond acceptors (Lipinski definition) is 4. The van der Waals surface area contributed by atoms with Crippen molar-refractivity contribution in [2.75, 3.05) is 0 Å². The summed E-state index contributed by atoms with van der Waals surface area (Å²) in [5.74, 6) is -0.0417. The van der Waals surface area contributed by atoms with Crippen molar-refractivity contribution in [2.45, 2.75) is 6.92 Å². The minimum atomic E-state index is -0.416.